The molecule has 0 spiro atoms. The minimum absolute atomic E-state index is 0.114. The average Bonchev–Trinajstić information content (AvgIpc) is 2.13. The van der Waals surface area contributed by atoms with Gasteiger partial charge in [0.15, 0.2) is 0 Å². The third-order valence-corrected chi connectivity index (χ3v) is 3.77. The Morgan fingerprint density at radius 1 is 1.00 bits per heavy atom. The molecule has 0 N–H and O–H groups in total. The van der Waals surface area contributed by atoms with Crippen molar-refractivity contribution in [2.75, 3.05) is 13.6 Å². The summed E-state index contributed by atoms with van der Waals surface area (Å²) in [7, 11) is 1.60. The van der Waals surface area contributed by atoms with Gasteiger partial charge in [0.1, 0.15) is 0 Å². The Morgan fingerprint density at radius 2 is 1.50 bits per heavy atom. The van der Waals surface area contributed by atoms with Gasteiger partial charge in [0.05, 0.1) is 6.54 Å². The predicted molar refractivity (Wildman–Crippen MR) is 68.5 cm³/mol. The first-order valence-corrected chi connectivity index (χ1v) is 6.84. The van der Waals surface area contributed by atoms with E-state index in [4.69, 9.17) is 0 Å². The number of halogens is 3. The quantitative estimate of drug-likeness (QED) is 0.727. The topological polar surface area (TPSA) is 3.24 Å². The first-order chi connectivity index (χ1) is 8.07. The third kappa shape index (κ3) is 6.07. The van der Waals surface area contributed by atoms with Gasteiger partial charge in [-0.3, -0.25) is 4.90 Å². The van der Waals surface area contributed by atoms with Crippen LogP contribution in [0.2, 0.25) is 0 Å². The van der Waals surface area contributed by atoms with Crippen molar-refractivity contribution in [1.29, 1.82) is 0 Å². The number of hydrogen-bond acceptors (Lipinski definition) is 1. The van der Waals surface area contributed by atoms with Crippen LogP contribution in [0.15, 0.2) is 0 Å². The number of hydrogen-bond donors (Lipinski definition) is 0. The van der Waals surface area contributed by atoms with Crippen LogP contribution in [0.4, 0.5) is 13.2 Å². The minimum atomic E-state index is -4.07. The van der Waals surface area contributed by atoms with Gasteiger partial charge in [-0.25, -0.2) is 0 Å². The van der Waals surface area contributed by atoms with E-state index in [2.05, 4.69) is 20.8 Å². The van der Waals surface area contributed by atoms with E-state index in [0.717, 1.165) is 25.7 Å². The van der Waals surface area contributed by atoms with Gasteiger partial charge in [0, 0.05) is 6.04 Å². The molecule has 0 atom stereocenters. The summed E-state index contributed by atoms with van der Waals surface area (Å²) in [5.74, 6) is 0.695. The van der Waals surface area contributed by atoms with E-state index in [-0.39, 0.29) is 6.04 Å². The van der Waals surface area contributed by atoms with Gasteiger partial charge in [-0.05, 0) is 50.5 Å². The molecule has 1 fully saturated rings. The summed E-state index contributed by atoms with van der Waals surface area (Å²) in [6, 6.07) is 0.114. The van der Waals surface area contributed by atoms with Crippen LogP contribution in [0.5, 0.6) is 0 Å². The van der Waals surface area contributed by atoms with Gasteiger partial charge in [-0.2, -0.15) is 13.2 Å². The van der Waals surface area contributed by atoms with Crippen molar-refractivity contribution in [3.8, 4) is 0 Å². The molecule has 0 heterocycles. The summed E-state index contributed by atoms with van der Waals surface area (Å²) in [6.07, 6.45) is 1.08. The van der Waals surface area contributed by atoms with Gasteiger partial charge in [0.2, 0.25) is 0 Å². The third-order valence-electron chi connectivity index (χ3n) is 3.77. The second-order valence-electron chi connectivity index (χ2n) is 6.97. The molecule has 0 aromatic heterocycles. The summed E-state index contributed by atoms with van der Waals surface area (Å²) >= 11 is 0. The Labute approximate surface area is 109 Å². The van der Waals surface area contributed by atoms with Gasteiger partial charge in [0.25, 0.3) is 0 Å². The molecule has 0 aromatic rings. The molecule has 0 aromatic carbocycles. The maximum atomic E-state index is 12.3. The lowest BCUT2D eigenvalue weighted by Crippen LogP contribution is -2.41. The zero-order chi connectivity index (χ0) is 14.0. The molecule has 4 heteroatoms. The first-order valence-electron chi connectivity index (χ1n) is 6.84. The SMILES string of the molecule is CN(CC(F)(F)F)[C@H]1CC[C@H](CC(C)(C)C)CC1. The lowest BCUT2D eigenvalue weighted by atomic mass is 9.76. The lowest BCUT2D eigenvalue weighted by Gasteiger charge is -2.37. The highest BCUT2D eigenvalue weighted by Crippen LogP contribution is 2.35. The molecular weight excluding hydrogens is 239 g/mol. The number of nitrogens with zero attached hydrogens (tertiary/aromatic N) is 1. The molecule has 0 bridgehead atoms. The fourth-order valence-electron chi connectivity index (χ4n) is 3.07. The molecule has 0 radical (unpaired) electrons. The van der Waals surface area contributed by atoms with Crippen molar-refractivity contribution in [1.82, 2.24) is 4.90 Å². The maximum absolute atomic E-state index is 12.3. The van der Waals surface area contributed by atoms with E-state index >= 15 is 0 Å². The lowest BCUT2D eigenvalue weighted by molar-refractivity contribution is -0.149. The van der Waals surface area contributed by atoms with E-state index in [1.54, 1.807) is 7.05 Å². The predicted octanol–water partition coefficient (Wildman–Crippen LogP) is 4.48. The van der Waals surface area contributed by atoms with Gasteiger partial charge in [-0.1, -0.05) is 20.8 Å². The van der Waals surface area contributed by atoms with E-state index in [9.17, 15) is 13.2 Å². The van der Waals surface area contributed by atoms with Gasteiger partial charge < -0.3 is 0 Å². The van der Waals surface area contributed by atoms with Crippen LogP contribution < -0.4 is 0 Å². The van der Waals surface area contributed by atoms with Crippen molar-refractivity contribution >= 4 is 0 Å². The molecule has 18 heavy (non-hydrogen) atoms. The van der Waals surface area contributed by atoms with Crippen LogP contribution >= 0.6 is 0 Å². The maximum Gasteiger partial charge on any atom is 0.401 e. The first kappa shape index (κ1) is 15.8. The molecule has 1 aliphatic carbocycles. The highest BCUT2D eigenvalue weighted by atomic mass is 19.4. The van der Waals surface area contributed by atoms with Crippen LogP contribution in [-0.4, -0.2) is 30.7 Å². The fourth-order valence-corrected chi connectivity index (χ4v) is 3.07. The molecule has 1 saturated carbocycles. The summed E-state index contributed by atoms with van der Waals surface area (Å²) in [5, 5.41) is 0. The zero-order valence-corrected chi connectivity index (χ0v) is 12.0. The molecule has 0 saturated heterocycles. The summed E-state index contributed by atoms with van der Waals surface area (Å²) in [6.45, 7) is 5.92. The van der Waals surface area contributed by atoms with Gasteiger partial charge in [-0.15, -0.1) is 0 Å². The Balaban J connectivity index is 2.35. The molecule has 1 nitrogen and oxygen atoms in total. The van der Waals surface area contributed by atoms with Crippen LogP contribution in [-0.2, 0) is 0 Å². The molecule has 0 aliphatic heterocycles. The highest BCUT2D eigenvalue weighted by Gasteiger charge is 2.34. The second kappa shape index (κ2) is 5.81. The Bertz CT molecular complexity index is 247. The van der Waals surface area contributed by atoms with E-state index < -0.39 is 12.7 Å². The van der Waals surface area contributed by atoms with Crippen molar-refractivity contribution in [2.45, 2.75) is 65.1 Å². The number of rotatable bonds is 3. The van der Waals surface area contributed by atoms with Crippen LogP contribution in [0.1, 0.15) is 52.9 Å². The molecule has 108 valence electrons. The summed E-state index contributed by atoms with van der Waals surface area (Å²) in [5.41, 5.74) is 0.329. The highest BCUT2D eigenvalue weighted by molar-refractivity contribution is 4.81. The molecular formula is C14H26F3N. The van der Waals surface area contributed by atoms with Gasteiger partial charge >= 0.3 is 6.18 Å². The smallest absolute Gasteiger partial charge is 0.295 e. The monoisotopic (exact) mass is 265 g/mol. The molecule has 1 aliphatic rings. The zero-order valence-electron chi connectivity index (χ0n) is 12.0. The van der Waals surface area contributed by atoms with Crippen molar-refractivity contribution < 1.29 is 13.2 Å². The van der Waals surface area contributed by atoms with E-state index in [1.807, 2.05) is 0 Å². The number of alkyl halides is 3. The molecule has 0 unspecified atom stereocenters. The largest absolute Gasteiger partial charge is 0.401 e. The standard InChI is InChI=1S/C14H26F3N/c1-13(2,3)9-11-5-7-12(8-6-11)18(4)10-14(15,16)17/h11-12H,5-10H2,1-4H3/t11-,12-. The Kier molecular flexibility index (Phi) is 5.10. The van der Waals surface area contributed by atoms with E-state index in [1.165, 1.54) is 11.3 Å². The normalized spacial score (nSPS) is 26.7. The van der Waals surface area contributed by atoms with Crippen molar-refractivity contribution in [3.63, 3.8) is 0 Å². The van der Waals surface area contributed by atoms with Crippen LogP contribution in [0, 0.1) is 11.3 Å². The van der Waals surface area contributed by atoms with Crippen LogP contribution in [0.3, 0.4) is 0 Å². The summed E-state index contributed by atoms with van der Waals surface area (Å²) in [4.78, 5) is 1.48. The Hall–Kier alpha value is -0.250. The molecule has 1 rings (SSSR count). The minimum Gasteiger partial charge on any atom is -0.295 e. The Morgan fingerprint density at radius 3 is 1.89 bits per heavy atom. The van der Waals surface area contributed by atoms with E-state index in [0.29, 0.717) is 11.3 Å². The van der Waals surface area contributed by atoms with Crippen molar-refractivity contribution in [3.05, 3.63) is 0 Å². The fraction of sp³-hybridized carbons (Fsp3) is 1.00. The second-order valence-corrected chi connectivity index (χ2v) is 6.97. The van der Waals surface area contributed by atoms with Crippen molar-refractivity contribution in [2.24, 2.45) is 11.3 Å². The van der Waals surface area contributed by atoms with Crippen LogP contribution in [0.25, 0.3) is 0 Å². The molecule has 0 amide bonds. The summed E-state index contributed by atoms with van der Waals surface area (Å²) < 4.78 is 37.0. The average molecular weight is 265 g/mol.